The first-order valence-corrected chi connectivity index (χ1v) is 10.3. The second kappa shape index (κ2) is 7.91. The van der Waals surface area contributed by atoms with E-state index in [1.54, 1.807) is 0 Å². The Kier molecular flexibility index (Phi) is 5.33. The lowest BCUT2D eigenvalue weighted by atomic mass is 9.81. The van der Waals surface area contributed by atoms with Crippen molar-refractivity contribution in [2.24, 2.45) is 0 Å². The van der Waals surface area contributed by atoms with Gasteiger partial charge in [0, 0.05) is 31.2 Å². The third kappa shape index (κ3) is 3.62. The number of carbonyl (C=O) groups excluding carboxylic acids is 1. The van der Waals surface area contributed by atoms with E-state index in [-0.39, 0.29) is 18.1 Å². The smallest absolute Gasteiger partial charge is 0.260 e. The van der Waals surface area contributed by atoms with E-state index in [1.807, 2.05) is 41.3 Å². The molecule has 152 valence electrons. The number of ether oxygens (including phenoxy) is 1. The number of hydrazine groups is 1. The van der Waals surface area contributed by atoms with E-state index in [0.717, 1.165) is 12.2 Å². The zero-order valence-electron chi connectivity index (χ0n) is 17.4. The van der Waals surface area contributed by atoms with Gasteiger partial charge in [0.15, 0.2) is 6.61 Å². The molecule has 1 atom stereocenters. The maximum absolute atomic E-state index is 12.9. The van der Waals surface area contributed by atoms with Gasteiger partial charge >= 0.3 is 0 Å². The molecule has 5 heteroatoms. The standard InChI is InChI=1S/C24H29N3O2/c1-18(2)27-24(3,19-10-6-4-7-11-19)21-16-26(15-14-22(21)25-27)23(28)17-29-20-12-8-5-9-13-20/h4-13,18,25H,14-17H2,1-3H3. The van der Waals surface area contributed by atoms with Gasteiger partial charge in [0.1, 0.15) is 5.75 Å². The Balaban J connectivity index is 1.54. The fourth-order valence-electron chi connectivity index (χ4n) is 4.42. The molecule has 29 heavy (non-hydrogen) atoms. The molecular weight excluding hydrogens is 362 g/mol. The van der Waals surface area contributed by atoms with Crippen molar-refractivity contribution >= 4 is 5.91 Å². The maximum atomic E-state index is 12.9. The summed E-state index contributed by atoms with van der Waals surface area (Å²) in [6.07, 6.45) is 0.831. The predicted molar refractivity (Wildman–Crippen MR) is 114 cm³/mol. The van der Waals surface area contributed by atoms with Crippen molar-refractivity contribution in [3.05, 3.63) is 77.5 Å². The highest BCUT2D eigenvalue weighted by Crippen LogP contribution is 2.44. The van der Waals surface area contributed by atoms with E-state index in [4.69, 9.17) is 4.74 Å². The van der Waals surface area contributed by atoms with Crippen LogP contribution in [0.4, 0.5) is 0 Å². The summed E-state index contributed by atoms with van der Waals surface area (Å²) in [5.74, 6) is 0.749. The number of carbonyl (C=O) groups is 1. The fourth-order valence-corrected chi connectivity index (χ4v) is 4.42. The molecule has 2 aromatic carbocycles. The molecule has 0 saturated carbocycles. The first-order valence-electron chi connectivity index (χ1n) is 10.3. The first-order chi connectivity index (χ1) is 14.0. The first kappa shape index (κ1) is 19.5. The summed E-state index contributed by atoms with van der Waals surface area (Å²) >= 11 is 0. The Labute approximate surface area is 172 Å². The van der Waals surface area contributed by atoms with Crippen LogP contribution in [0, 0.1) is 0 Å². The Morgan fingerprint density at radius 1 is 1.10 bits per heavy atom. The van der Waals surface area contributed by atoms with Crippen molar-refractivity contribution in [2.45, 2.75) is 38.8 Å². The lowest BCUT2D eigenvalue weighted by Crippen LogP contribution is -2.51. The molecule has 0 radical (unpaired) electrons. The number of benzene rings is 2. The van der Waals surface area contributed by atoms with Crippen LogP contribution in [0.25, 0.3) is 0 Å². The van der Waals surface area contributed by atoms with Crippen LogP contribution in [0.5, 0.6) is 5.75 Å². The Hall–Kier alpha value is -2.79. The zero-order valence-corrected chi connectivity index (χ0v) is 17.4. The van der Waals surface area contributed by atoms with E-state index in [9.17, 15) is 4.79 Å². The molecule has 0 aromatic heterocycles. The van der Waals surface area contributed by atoms with Gasteiger partial charge in [-0.15, -0.1) is 0 Å². The third-order valence-corrected chi connectivity index (χ3v) is 5.98. The molecule has 2 heterocycles. The molecule has 2 aliphatic rings. The summed E-state index contributed by atoms with van der Waals surface area (Å²) in [6, 6.07) is 20.4. The van der Waals surface area contributed by atoms with Crippen LogP contribution in [-0.2, 0) is 10.3 Å². The van der Waals surface area contributed by atoms with Crippen molar-refractivity contribution in [2.75, 3.05) is 19.7 Å². The Morgan fingerprint density at radius 3 is 2.41 bits per heavy atom. The molecule has 0 fully saturated rings. The molecule has 1 N–H and O–H groups in total. The highest BCUT2D eigenvalue weighted by atomic mass is 16.5. The van der Waals surface area contributed by atoms with Crippen molar-refractivity contribution in [3.8, 4) is 5.75 Å². The van der Waals surface area contributed by atoms with Gasteiger partial charge in [-0.2, -0.15) is 0 Å². The second-order valence-corrected chi connectivity index (χ2v) is 8.14. The minimum Gasteiger partial charge on any atom is -0.484 e. The molecule has 2 aromatic rings. The summed E-state index contributed by atoms with van der Waals surface area (Å²) in [5, 5.41) is 2.32. The van der Waals surface area contributed by atoms with Gasteiger partial charge in [-0.3, -0.25) is 4.79 Å². The number of hydrogen-bond donors (Lipinski definition) is 1. The van der Waals surface area contributed by atoms with E-state index in [1.165, 1.54) is 16.8 Å². The summed E-state index contributed by atoms with van der Waals surface area (Å²) in [7, 11) is 0. The highest BCUT2D eigenvalue weighted by Gasteiger charge is 2.47. The number of amides is 1. The monoisotopic (exact) mass is 391 g/mol. The van der Waals surface area contributed by atoms with Crippen LogP contribution in [0.15, 0.2) is 71.9 Å². The normalized spacial score (nSPS) is 21.9. The van der Waals surface area contributed by atoms with Crippen molar-refractivity contribution in [1.82, 2.24) is 15.3 Å². The minimum absolute atomic E-state index is 0.0267. The van der Waals surface area contributed by atoms with Gasteiger partial charge in [-0.25, -0.2) is 5.01 Å². The van der Waals surface area contributed by atoms with Crippen LogP contribution in [0.3, 0.4) is 0 Å². The fraction of sp³-hybridized carbons (Fsp3) is 0.375. The SMILES string of the molecule is CC(C)N1NC2=C(CN(C(=O)COc3ccccc3)CC2)C1(C)c1ccccc1. The molecule has 1 unspecified atom stereocenters. The number of rotatable bonds is 5. The van der Waals surface area contributed by atoms with Gasteiger partial charge in [0.05, 0.1) is 5.54 Å². The number of hydrogen-bond acceptors (Lipinski definition) is 4. The third-order valence-electron chi connectivity index (χ3n) is 5.98. The molecule has 0 aliphatic carbocycles. The number of para-hydroxylation sites is 1. The predicted octanol–water partition coefficient (Wildman–Crippen LogP) is 3.70. The van der Waals surface area contributed by atoms with Crippen LogP contribution < -0.4 is 10.2 Å². The minimum atomic E-state index is -0.288. The lowest BCUT2D eigenvalue weighted by Gasteiger charge is -2.41. The second-order valence-electron chi connectivity index (χ2n) is 8.14. The van der Waals surface area contributed by atoms with Crippen molar-refractivity contribution < 1.29 is 9.53 Å². The summed E-state index contributed by atoms with van der Waals surface area (Å²) in [4.78, 5) is 14.8. The van der Waals surface area contributed by atoms with E-state index in [0.29, 0.717) is 19.1 Å². The average Bonchev–Trinajstić information content (AvgIpc) is 3.07. The van der Waals surface area contributed by atoms with Gasteiger partial charge in [-0.05, 0) is 44.0 Å². The largest absolute Gasteiger partial charge is 0.484 e. The van der Waals surface area contributed by atoms with Crippen LogP contribution >= 0.6 is 0 Å². The van der Waals surface area contributed by atoms with Gasteiger partial charge in [0.25, 0.3) is 5.91 Å². The quantitative estimate of drug-likeness (QED) is 0.844. The highest BCUT2D eigenvalue weighted by molar-refractivity contribution is 5.78. The summed E-state index contributed by atoms with van der Waals surface area (Å²) in [5.41, 5.74) is 7.11. The summed E-state index contributed by atoms with van der Waals surface area (Å²) < 4.78 is 5.70. The molecular formula is C24H29N3O2. The molecule has 5 nitrogen and oxygen atoms in total. The van der Waals surface area contributed by atoms with E-state index >= 15 is 0 Å². The van der Waals surface area contributed by atoms with Crippen molar-refractivity contribution in [3.63, 3.8) is 0 Å². The molecule has 4 rings (SSSR count). The zero-order chi connectivity index (χ0) is 20.4. The van der Waals surface area contributed by atoms with Crippen LogP contribution in [0.1, 0.15) is 32.8 Å². The molecule has 0 saturated heterocycles. The summed E-state index contributed by atoms with van der Waals surface area (Å²) in [6.45, 7) is 8.04. The van der Waals surface area contributed by atoms with Gasteiger partial charge < -0.3 is 15.1 Å². The van der Waals surface area contributed by atoms with Crippen LogP contribution in [0.2, 0.25) is 0 Å². The lowest BCUT2D eigenvalue weighted by molar-refractivity contribution is -0.133. The molecule has 0 bridgehead atoms. The van der Waals surface area contributed by atoms with E-state index < -0.39 is 0 Å². The molecule has 0 spiro atoms. The number of nitrogens with zero attached hydrogens (tertiary/aromatic N) is 2. The van der Waals surface area contributed by atoms with Gasteiger partial charge in [-0.1, -0.05) is 48.5 Å². The Bertz CT molecular complexity index is 895. The van der Waals surface area contributed by atoms with Crippen molar-refractivity contribution in [1.29, 1.82) is 0 Å². The topological polar surface area (TPSA) is 44.8 Å². The molecule has 1 amide bonds. The van der Waals surface area contributed by atoms with Crippen LogP contribution in [-0.4, -0.2) is 41.6 Å². The number of nitrogens with one attached hydrogen (secondary N) is 1. The molecule has 2 aliphatic heterocycles. The van der Waals surface area contributed by atoms with Gasteiger partial charge in [0.2, 0.25) is 0 Å². The van der Waals surface area contributed by atoms with E-state index in [2.05, 4.69) is 55.5 Å². The maximum Gasteiger partial charge on any atom is 0.260 e. The average molecular weight is 392 g/mol. The Morgan fingerprint density at radius 2 is 1.76 bits per heavy atom.